The fraction of sp³-hybridized carbons (Fsp3) is 0.417. The van der Waals surface area contributed by atoms with Gasteiger partial charge >= 0.3 is 5.97 Å². The van der Waals surface area contributed by atoms with E-state index in [0.29, 0.717) is 17.9 Å². The molecule has 0 amide bonds. The SMILES string of the molecule is CN(C)CCNc1c(C(=O)O)cnc2c1cnn2C. The number of nitrogens with zero attached hydrogens (tertiary/aromatic N) is 4. The maximum Gasteiger partial charge on any atom is 0.339 e. The molecule has 0 aliphatic rings. The van der Waals surface area contributed by atoms with Gasteiger partial charge in [0.1, 0.15) is 5.56 Å². The first-order valence-corrected chi connectivity index (χ1v) is 5.93. The lowest BCUT2D eigenvalue weighted by molar-refractivity contribution is 0.0697. The minimum Gasteiger partial charge on any atom is -0.478 e. The van der Waals surface area contributed by atoms with Crippen LogP contribution in [0.2, 0.25) is 0 Å². The summed E-state index contributed by atoms with van der Waals surface area (Å²) in [6.07, 6.45) is 3.00. The number of hydrogen-bond donors (Lipinski definition) is 2. The smallest absolute Gasteiger partial charge is 0.339 e. The number of likely N-dealkylation sites (N-methyl/N-ethyl adjacent to an activating group) is 1. The van der Waals surface area contributed by atoms with Crippen LogP contribution in [0.3, 0.4) is 0 Å². The van der Waals surface area contributed by atoms with Crippen LogP contribution in [0.25, 0.3) is 11.0 Å². The van der Waals surface area contributed by atoms with E-state index in [1.807, 2.05) is 19.0 Å². The zero-order valence-corrected chi connectivity index (χ0v) is 11.2. The Morgan fingerprint density at radius 1 is 1.47 bits per heavy atom. The molecule has 2 aromatic heterocycles. The van der Waals surface area contributed by atoms with Crippen LogP contribution >= 0.6 is 0 Å². The number of carboxylic acid groups (broad SMARTS) is 1. The quantitative estimate of drug-likeness (QED) is 0.823. The van der Waals surface area contributed by atoms with Crippen molar-refractivity contribution < 1.29 is 9.90 Å². The zero-order valence-electron chi connectivity index (χ0n) is 11.2. The number of rotatable bonds is 5. The Bertz CT molecular complexity index is 605. The molecule has 19 heavy (non-hydrogen) atoms. The average molecular weight is 263 g/mol. The Morgan fingerprint density at radius 3 is 2.84 bits per heavy atom. The van der Waals surface area contributed by atoms with Crippen LogP contribution < -0.4 is 5.32 Å². The van der Waals surface area contributed by atoms with E-state index in [1.165, 1.54) is 6.20 Å². The Labute approximate surface area is 110 Å². The Morgan fingerprint density at radius 2 is 2.21 bits per heavy atom. The highest BCUT2D eigenvalue weighted by molar-refractivity contribution is 6.03. The Kier molecular flexibility index (Phi) is 3.66. The van der Waals surface area contributed by atoms with E-state index in [0.717, 1.165) is 11.9 Å². The van der Waals surface area contributed by atoms with Crippen molar-refractivity contribution in [1.29, 1.82) is 0 Å². The van der Waals surface area contributed by atoms with Gasteiger partial charge in [0.25, 0.3) is 0 Å². The summed E-state index contributed by atoms with van der Waals surface area (Å²) in [4.78, 5) is 17.4. The van der Waals surface area contributed by atoms with E-state index in [-0.39, 0.29) is 5.56 Å². The molecular formula is C12H17N5O2. The van der Waals surface area contributed by atoms with E-state index >= 15 is 0 Å². The number of pyridine rings is 1. The van der Waals surface area contributed by atoms with Gasteiger partial charge in [0.05, 0.1) is 17.3 Å². The highest BCUT2D eigenvalue weighted by Gasteiger charge is 2.16. The van der Waals surface area contributed by atoms with Crippen molar-refractivity contribution in [1.82, 2.24) is 19.7 Å². The molecule has 0 saturated carbocycles. The van der Waals surface area contributed by atoms with Crippen LogP contribution in [0.5, 0.6) is 0 Å². The van der Waals surface area contributed by atoms with E-state index in [4.69, 9.17) is 0 Å². The lowest BCUT2D eigenvalue weighted by atomic mass is 10.2. The molecule has 0 fully saturated rings. The zero-order chi connectivity index (χ0) is 14.0. The highest BCUT2D eigenvalue weighted by atomic mass is 16.4. The summed E-state index contributed by atoms with van der Waals surface area (Å²) in [5.74, 6) is -0.995. The minimum absolute atomic E-state index is 0.166. The molecule has 2 aromatic rings. The minimum atomic E-state index is -0.995. The fourth-order valence-corrected chi connectivity index (χ4v) is 1.85. The van der Waals surface area contributed by atoms with Gasteiger partial charge in [-0.15, -0.1) is 0 Å². The van der Waals surface area contributed by atoms with E-state index < -0.39 is 5.97 Å². The number of aryl methyl sites for hydroxylation is 1. The molecule has 7 nitrogen and oxygen atoms in total. The number of aromatic nitrogens is 3. The summed E-state index contributed by atoms with van der Waals surface area (Å²) in [5, 5.41) is 17.2. The van der Waals surface area contributed by atoms with Gasteiger partial charge in [-0.2, -0.15) is 5.10 Å². The Balaban J connectivity index is 2.41. The molecule has 7 heteroatoms. The summed E-state index contributed by atoms with van der Waals surface area (Å²) in [5.41, 5.74) is 1.41. The number of anilines is 1. The van der Waals surface area contributed by atoms with Crippen molar-refractivity contribution >= 4 is 22.7 Å². The number of carbonyl (C=O) groups is 1. The molecular weight excluding hydrogens is 246 g/mol. The molecule has 2 rings (SSSR count). The number of nitrogens with one attached hydrogen (secondary N) is 1. The van der Waals surface area contributed by atoms with Crippen LogP contribution in [-0.2, 0) is 7.05 Å². The molecule has 0 aliphatic heterocycles. The van der Waals surface area contributed by atoms with Gasteiger partial charge in [0.2, 0.25) is 0 Å². The predicted molar refractivity (Wildman–Crippen MR) is 72.5 cm³/mol. The van der Waals surface area contributed by atoms with E-state index in [1.54, 1.807) is 17.9 Å². The third kappa shape index (κ3) is 2.65. The molecule has 2 N–H and O–H groups in total. The third-order valence-electron chi connectivity index (χ3n) is 2.85. The summed E-state index contributed by atoms with van der Waals surface area (Å²) >= 11 is 0. The summed E-state index contributed by atoms with van der Waals surface area (Å²) in [6, 6.07) is 0. The van der Waals surface area contributed by atoms with Gasteiger partial charge in [-0.1, -0.05) is 0 Å². The molecule has 0 radical (unpaired) electrons. The lowest BCUT2D eigenvalue weighted by Crippen LogP contribution is -2.21. The van der Waals surface area contributed by atoms with Gasteiger partial charge in [-0.25, -0.2) is 9.78 Å². The monoisotopic (exact) mass is 263 g/mol. The molecule has 0 atom stereocenters. The van der Waals surface area contributed by atoms with Crippen LogP contribution in [0.4, 0.5) is 5.69 Å². The van der Waals surface area contributed by atoms with Crippen molar-refractivity contribution in [3.8, 4) is 0 Å². The van der Waals surface area contributed by atoms with Gasteiger partial charge in [-0.05, 0) is 14.1 Å². The highest BCUT2D eigenvalue weighted by Crippen LogP contribution is 2.25. The van der Waals surface area contributed by atoms with E-state index in [2.05, 4.69) is 15.4 Å². The molecule has 0 spiro atoms. The second-order valence-corrected chi connectivity index (χ2v) is 4.59. The molecule has 102 valence electrons. The first-order valence-electron chi connectivity index (χ1n) is 5.93. The maximum atomic E-state index is 11.3. The molecule has 2 heterocycles. The van der Waals surface area contributed by atoms with Gasteiger partial charge < -0.3 is 15.3 Å². The molecule has 0 aliphatic carbocycles. The molecule has 0 unspecified atom stereocenters. The second kappa shape index (κ2) is 5.23. The number of aromatic carboxylic acids is 1. The topological polar surface area (TPSA) is 83.3 Å². The van der Waals surface area contributed by atoms with E-state index in [9.17, 15) is 9.90 Å². The van der Waals surface area contributed by atoms with Crippen molar-refractivity contribution in [2.45, 2.75) is 0 Å². The summed E-state index contributed by atoms with van der Waals surface area (Å²) < 4.78 is 1.62. The fourth-order valence-electron chi connectivity index (χ4n) is 1.85. The average Bonchev–Trinajstić information content (AvgIpc) is 2.71. The summed E-state index contributed by atoms with van der Waals surface area (Å²) in [6.45, 7) is 1.46. The Hall–Kier alpha value is -2.15. The van der Waals surface area contributed by atoms with Crippen LogP contribution in [0, 0.1) is 0 Å². The van der Waals surface area contributed by atoms with Crippen molar-refractivity contribution in [3.05, 3.63) is 18.0 Å². The number of fused-ring (bicyclic) bond motifs is 1. The standard InChI is InChI=1S/C12H17N5O2/c1-16(2)5-4-13-10-8-7-15-17(3)11(8)14-6-9(10)12(18)19/h6-7H,4-5H2,1-3H3,(H,13,14)(H,18,19). The van der Waals surface area contributed by atoms with Gasteiger partial charge in [0, 0.05) is 26.3 Å². The number of hydrogen-bond acceptors (Lipinski definition) is 5. The lowest BCUT2D eigenvalue weighted by Gasteiger charge is -2.13. The first kappa shape index (κ1) is 13.3. The van der Waals surface area contributed by atoms with Gasteiger partial charge in [-0.3, -0.25) is 4.68 Å². The first-order chi connectivity index (χ1) is 9.00. The van der Waals surface area contributed by atoms with Crippen LogP contribution in [0.15, 0.2) is 12.4 Å². The van der Waals surface area contributed by atoms with Crippen molar-refractivity contribution in [3.63, 3.8) is 0 Å². The number of carboxylic acids is 1. The molecule has 0 bridgehead atoms. The molecule has 0 saturated heterocycles. The van der Waals surface area contributed by atoms with Crippen molar-refractivity contribution in [2.24, 2.45) is 7.05 Å². The van der Waals surface area contributed by atoms with Crippen molar-refractivity contribution in [2.75, 3.05) is 32.5 Å². The largest absolute Gasteiger partial charge is 0.478 e. The van der Waals surface area contributed by atoms with Crippen LogP contribution in [-0.4, -0.2) is 57.9 Å². The van der Waals surface area contributed by atoms with Gasteiger partial charge in [0.15, 0.2) is 5.65 Å². The second-order valence-electron chi connectivity index (χ2n) is 4.59. The third-order valence-corrected chi connectivity index (χ3v) is 2.85. The summed E-state index contributed by atoms with van der Waals surface area (Å²) in [7, 11) is 5.71. The predicted octanol–water partition coefficient (Wildman–Crippen LogP) is 0.640. The normalized spacial score (nSPS) is 11.2. The maximum absolute atomic E-state index is 11.3. The molecule has 0 aromatic carbocycles. The van der Waals surface area contributed by atoms with Crippen LogP contribution in [0.1, 0.15) is 10.4 Å².